The fraction of sp³-hybridized carbons (Fsp3) is 0.389. The first-order chi connectivity index (χ1) is 12.6. The van der Waals surface area contributed by atoms with Crippen LogP contribution in [0, 0.1) is 0 Å². The van der Waals surface area contributed by atoms with Crippen LogP contribution in [-0.4, -0.2) is 51.8 Å². The molecule has 1 aromatic carbocycles. The van der Waals surface area contributed by atoms with Crippen LogP contribution in [-0.2, 0) is 11.3 Å². The summed E-state index contributed by atoms with van der Waals surface area (Å²) in [4.78, 5) is 29.0. The Morgan fingerprint density at radius 2 is 2.19 bits per heavy atom. The third-order valence-electron chi connectivity index (χ3n) is 4.26. The summed E-state index contributed by atoms with van der Waals surface area (Å²) >= 11 is 2.83. The predicted octanol–water partition coefficient (Wildman–Crippen LogP) is 2.71. The molecule has 0 spiro atoms. The molecule has 8 heteroatoms. The highest BCUT2D eigenvalue weighted by atomic mass is 32.2. The zero-order valence-corrected chi connectivity index (χ0v) is 15.9. The Kier molecular flexibility index (Phi) is 6.65. The molecule has 26 heavy (non-hydrogen) atoms. The molecule has 0 radical (unpaired) electrons. The number of amides is 1. The summed E-state index contributed by atoms with van der Waals surface area (Å²) in [5.74, 6) is -0.0946. The van der Waals surface area contributed by atoms with E-state index in [1.165, 1.54) is 28.7 Å². The Morgan fingerprint density at radius 1 is 1.38 bits per heavy atom. The van der Waals surface area contributed by atoms with Gasteiger partial charge in [0.2, 0.25) is 5.91 Å². The van der Waals surface area contributed by atoms with E-state index in [4.69, 9.17) is 5.11 Å². The van der Waals surface area contributed by atoms with Crippen molar-refractivity contribution in [2.24, 2.45) is 0 Å². The van der Waals surface area contributed by atoms with E-state index in [1.54, 1.807) is 5.38 Å². The minimum atomic E-state index is -1.01. The topological polar surface area (TPSA) is 82.5 Å². The predicted molar refractivity (Wildman–Crippen MR) is 103 cm³/mol. The number of aromatic nitrogens is 1. The van der Waals surface area contributed by atoms with Crippen LogP contribution in [0.15, 0.2) is 40.1 Å². The summed E-state index contributed by atoms with van der Waals surface area (Å²) in [5, 5.41) is 13.9. The second-order valence-electron chi connectivity index (χ2n) is 6.05. The van der Waals surface area contributed by atoms with Crippen LogP contribution in [0.5, 0.6) is 0 Å². The SMILES string of the molecule is O=C(O)c1csc(SCCN2C(=O)CCC2CNCc2ccccc2)n1. The highest BCUT2D eigenvalue weighted by Crippen LogP contribution is 2.24. The molecule has 0 saturated carbocycles. The minimum absolute atomic E-state index is 0.0812. The molecule has 138 valence electrons. The first kappa shape index (κ1) is 18.9. The summed E-state index contributed by atoms with van der Waals surface area (Å²) in [6.45, 7) is 2.24. The lowest BCUT2D eigenvalue weighted by molar-refractivity contribution is -0.128. The number of carboxylic acid groups (broad SMARTS) is 1. The lowest BCUT2D eigenvalue weighted by atomic mass is 10.2. The van der Waals surface area contributed by atoms with E-state index in [2.05, 4.69) is 22.4 Å². The van der Waals surface area contributed by atoms with Gasteiger partial charge in [-0.05, 0) is 12.0 Å². The standard InChI is InChI=1S/C18H21N3O3S2/c22-16-7-6-14(11-19-10-13-4-2-1-3-5-13)21(16)8-9-25-18-20-15(12-26-18)17(23)24/h1-5,12,14,19H,6-11H2,(H,23,24). The zero-order valence-electron chi connectivity index (χ0n) is 14.3. The maximum Gasteiger partial charge on any atom is 0.355 e. The molecular formula is C18H21N3O3S2. The molecule has 1 saturated heterocycles. The highest BCUT2D eigenvalue weighted by molar-refractivity contribution is 8.01. The van der Waals surface area contributed by atoms with E-state index in [0.717, 1.165) is 23.8 Å². The van der Waals surface area contributed by atoms with Gasteiger partial charge in [-0.15, -0.1) is 11.3 Å². The van der Waals surface area contributed by atoms with Crippen molar-refractivity contribution in [1.82, 2.24) is 15.2 Å². The molecule has 1 amide bonds. The molecule has 0 bridgehead atoms. The van der Waals surface area contributed by atoms with E-state index in [1.807, 2.05) is 23.1 Å². The third kappa shape index (κ3) is 5.06. The van der Waals surface area contributed by atoms with Gasteiger partial charge in [-0.25, -0.2) is 9.78 Å². The zero-order chi connectivity index (χ0) is 18.4. The molecule has 0 aliphatic carbocycles. The van der Waals surface area contributed by atoms with Crippen molar-refractivity contribution >= 4 is 35.0 Å². The van der Waals surface area contributed by atoms with Crippen LogP contribution in [0.2, 0.25) is 0 Å². The van der Waals surface area contributed by atoms with Gasteiger partial charge in [0.1, 0.15) is 0 Å². The summed E-state index contributed by atoms with van der Waals surface area (Å²) in [6, 6.07) is 10.4. The Balaban J connectivity index is 1.44. The van der Waals surface area contributed by atoms with E-state index in [-0.39, 0.29) is 17.6 Å². The average molecular weight is 392 g/mol. The van der Waals surface area contributed by atoms with Crippen LogP contribution in [0.25, 0.3) is 0 Å². The van der Waals surface area contributed by atoms with Crippen molar-refractivity contribution in [1.29, 1.82) is 0 Å². The largest absolute Gasteiger partial charge is 0.476 e. The number of carboxylic acids is 1. The summed E-state index contributed by atoms with van der Waals surface area (Å²) in [5.41, 5.74) is 1.31. The summed E-state index contributed by atoms with van der Waals surface area (Å²) in [7, 11) is 0. The smallest absolute Gasteiger partial charge is 0.355 e. The van der Waals surface area contributed by atoms with Crippen LogP contribution >= 0.6 is 23.1 Å². The van der Waals surface area contributed by atoms with Gasteiger partial charge in [0.05, 0.1) is 0 Å². The van der Waals surface area contributed by atoms with Crippen LogP contribution in [0.1, 0.15) is 28.9 Å². The number of aromatic carboxylic acids is 1. The lowest BCUT2D eigenvalue weighted by Gasteiger charge is -2.25. The minimum Gasteiger partial charge on any atom is -0.476 e. The fourth-order valence-electron chi connectivity index (χ4n) is 2.94. The number of carbonyl (C=O) groups is 2. The Hall–Kier alpha value is -1.90. The number of nitrogens with zero attached hydrogens (tertiary/aromatic N) is 2. The first-order valence-corrected chi connectivity index (χ1v) is 10.4. The number of hydrogen-bond donors (Lipinski definition) is 2. The van der Waals surface area contributed by atoms with Crippen LogP contribution in [0.3, 0.4) is 0 Å². The van der Waals surface area contributed by atoms with E-state index in [9.17, 15) is 9.59 Å². The average Bonchev–Trinajstić information content (AvgIpc) is 3.24. The number of carbonyl (C=O) groups excluding carboxylic acids is 1. The summed E-state index contributed by atoms with van der Waals surface area (Å²) < 4.78 is 0.729. The number of hydrogen-bond acceptors (Lipinski definition) is 6. The summed E-state index contributed by atoms with van der Waals surface area (Å²) in [6.07, 6.45) is 1.48. The van der Waals surface area contributed by atoms with Gasteiger partial charge in [-0.3, -0.25) is 4.79 Å². The van der Waals surface area contributed by atoms with Gasteiger partial charge < -0.3 is 15.3 Å². The molecule has 3 rings (SSSR count). The van der Waals surface area contributed by atoms with Crippen molar-refractivity contribution in [2.75, 3.05) is 18.8 Å². The number of thioether (sulfide) groups is 1. The number of nitrogens with one attached hydrogen (secondary N) is 1. The van der Waals surface area contributed by atoms with Gasteiger partial charge >= 0.3 is 5.97 Å². The monoisotopic (exact) mass is 391 g/mol. The number of likely N-dealkylation sites (tertiary alicyclic amines) is 1. The lowest BCUT2D eigenvalue weighted by Crippen LogP contribution is -2.41. The van der Waals surface area contributed by atoms with Crippen molar-refractivity contribution < 1.29 is 14.7 Å². The molecule has 2 aromatic rings. The van der Waals surface area contributed by atoms with Gasteiger partial charge in [0.25, 0.3) is 0 Å². The maximum atomic E-state index is 12.2. The van der Waals surface area contributed by atoms with E-state index < -0.39 is 5.97 Å². The molecule has 2 N–H and O–H groups in total. The molecule has 1 fully saturated rings. The van der Waals surface area contributed by atoms with Crippen molar-refractivity contribution in [2.45, 2.75) is 29.8 Å². The van der Waals surface area contributed by atoms with E-state index in [0.29, 0.717) is 18.7 Å². The van der Waals surface area contributed by atoms with Crippen molar-refractivity contribution in [3.8, 4) is 0 Å². The van der Waals surface area contributed by atoms with Gasteiger partial charge in [0.15, 0.2) is 10.0 Å². The second-order valence-corrected chi connectivity index (χ2v) is 8.25. The maximum absolute atomic E-state index is 12.2. The molecule has 1 atom stereocenters. The second kappa shape index (κ2) is 9.16. The van der Waals surface area contributed by atoms with E-state index >= 15 is 0 Å². The molecule has 1 aliphatic rings. The van der Waals surface area contributed by atoms with Crippen molar-refractivity contribution in [3.63, 3.8) is 0 Å². The van der Waals surface area contributed by atoms with Gasteiger partial charge in [-0.1, -0.05) is 42.1 Å². The third-order valence-corrected chi connectivity index (χ3v) is 6.27. The molecule has 2 heterocycles. The Bertz CT molecular complexity index is 751. The molecule has 1 unspecified atom stereocenters. The molecule has 1 aromatic heterocycles. The van der Waals surface area contributed by atoms with Crippen LogP contribution in [0.4, 0.5) is 0 Å². The number of thiazole rings is 1. The molecular weight excluding hydrogens is 370 g/mol. The number of rotatable bonds is 9. The number of benzene rings is 1. The van der Waals surface area contributed by atoms with Crippen LogP contribution < -0.4 is 5.32 Å². The first-order valence-electron chi connectivity index (χ1n) is 8.49. The quantitative estimate of drug-likeness (QED) is 0.640. The normalized spacial score (nSPS) is 17.0. The molecule has 1 aliphatic heterocycles. The Labute approximate surface area is 160 Å². The fourth-order valence-corrected chi connectivity index (χ4v) is 4.75. The Morgan fingerprint density at radius 3 is 2.92 bits per heavy atom. The molecule has 6 nitrogen and oxygen atoms in total. The van der Waals surface area contributed by atoms with Gasteiger partial charge in [-0.2, -0.15) is 0 Å². The van der Waals surface area contributed by atoms with Gasteiger partial charge in [0, 0.05) is 43.2 Å². The highest BCUT2D eigenvalue weighted by Gasteiger charge is 2.30. The van der Waals surface area contributed by atoms with Crippen molar-refractivity contribution in [3.05, 3.63) is 47.0 Å².